The second kappa shape index (κ2) is 7.72. The van der Waals surface area contributed by atoms with E-state index in [4.69, 9.17) is 9.31 Å². The average molecular weight is 432 g/mol. The van der Waals surface area contributed by atoms with Crippen LogP contribution in [0.2, 0.25) is 0 Å². The fraction of sp³-hybridized carbons (Fsp3) is 0.200. The molecule has 0 radical (unpaired) electrons. The molecule has 1 fully saturated rings. The van der Waals surface area contributed by atoms with E-state index in [9.17, 15) is 0 Å². The summed E-state index contributed by atoms with van der Waals surface area (Å²) < 4.78 is 13.0. The maximum atomic E-state index is 6.50. The van der Waals surface area contributed by atoms with Gasteiger partial charge in [0.15, 0.2) is 0 Å². The van der Waals surface area contributed by atoms with Crippen LogP contribution in [0.3, 0.4) is 0 Å². The summed E-state index contributed by atoms with van der Waals surface area (Å²) in [5.74, 6) is 0. The molecule has 0 saturated carbocycles. The first-order valence-corrected chi connectivity index (χ1v) is 11.5. The Labute approximate surface area is 196 Å². The largest absolute Gasteiger partial charge is 0.496 e. The van der Waals surface area contributed by atoms with Gasteiger partial charge in [-0.1, -0.05) is 86.0 Å². The summed E-state index contributed by atoms with van der Waals surface area (Å²) in [6.07, 6.45) is 3.84. The molecule has 4 aromatic carbocycles. The Morgan fingerprint density at radius 1 is 0.697 bits per heavy atom. The van der Waals surface area contributed by atoms with Crippen molar-refractivity contribution in [1.82, 2.24) is 0 Å². The van der Waals surface area contributed by atoms with Gasteiger partial charge in [-0.25, -0.2) is 0 Å². The standard InChI is InChI=1S/C30H29BO2/c1-7-23-24(8-2)28(31-32-29(3,4)30(5,6)33-31)26-16-12-11-15-25(26)27(23)22-18-17-20-13-9-10-14-21(20)19-22/h7-19H,1-2H2,3-6H3. The van der Waals surface area contributed by atoms with E-state index in [1.807, 2.05) is 12.2 Å². The summed E-state index contributed by atoms with van der Waals surface area (Å²) in [4.78, 5) is 0. The molecule has 1 aliphatic heterocycles. The van der Waals surface area contributed by atoms with E-state index in [2.05, 4.69) is 108 Å². The molecule has 0 bridgehead atoms. The van der Waals surface area contributed by atoms with E-state index in [0.29, 0.717) is 0 Å². The Morgan fingerprint density at radius 3 is 1.91 bits per heavy atom. The predicted molar refractivity (Wildman–Crippen MR) is 143 cm³/mol. The molecular formula is C30H29BO2. The summed E-state index contributed by atoms with van der Waals surface area (Å²) in [7, 11) is -0.489. The van der Waals surface area contributed by atoms with Gasteiger partial charge in [0.1, 0.15) is 0 Å². The molecule has 5 rings (SSSR count). The summed E-state index contributed by atoms with van der Waals surface area (Å²) in [6.45, 7) is 16.7. The third-order valence-electron chi connectivity index (χ3n) is 7.27. The molecule has 0 N–H and O–H groups in total. The van der Waals surface area contributed by atoms with Crippen LogP contribution in [0.1, 0.15) is 38.8 Å². The van der Waals surface area contributed by atoms with Crippen molar-refractivity contribution < 1.29 is 9.31 Å². The molecule has 1 heterocycles. The smallest absolute Gasteiger partial charge is 0.399 e. The Bertz CT molecular complexity index is 1400. The Morgan fingerprint density at radius 2 is 1.27 bits per heavy atom. The molecule has 4 aromatic rings. The first kappa shape index (κ1) is 21.7. The van der Waals surface area contributed by atoms with Crippen LogP contribution in [-0.2, 0) is 9.31 Å². The van der Waals surface area contributed by atoms with Gasteiger partial charge in [0.05, 0.1) is 11.2 Å². The molecule has 1 aliphatic rings. The molecule has 164 valence electrons. The highest BCUT2D eigenvalue weighted by molar-refractivity contribution is 6.66. The number of fused-ring (bicyclic) bond motifs is 2. The van der Waals surface area contributed by atoms with Gasteiger partial charge in [0.2, 0.25) is 0 Å². The zero-order valence-electron chi connectivity index (χ0n) is 19.8. The fourth-order valence-electron chi connectivity index (χ4n) is 4.81. The maximum Gasteiger partial charge on any atom is 0.496 e. The minimum Gasteiger partial charge on any atom is -0.399 e. The molecule has 0 amide bonds. The molecule has 0 aliphatic carbocycles. The van der Waals surface area contributed by atoms with E-state index in [1.54, 1.807) is 0 Å². The van der Waals surface area contributed by atoms with Gasteiger partial charge in [0, 0.05) is 0 Å². The average Bonchev–Trinajstić information content (AvgIpc) is 3.03. The predicted octanol–water partition coefficient (Wildman–Crippen LogP) is 7.25. The van der Waals surface area contributed by atoms with Crippen LogP contribution < -0.4 is 5.46 Å². The topological polar surface area (TPSA) is 18.5 Å². The lowest BCUT2D eigenvalue weighted by Crippen LogP contribution is -2.41. The zero-order valence-corrected chi connectivity index (χ0v) is 19.8. The van der Waals surface area contributed by atoms with E-state index < -0.39 is 18.3 Å². The van der Waals surface area contributed by atoms with Gasteiger partial charge in [0.25, 0.3) is 0 Å². The van der Waals surface area contributed by atoms with Crippen LogP contribution in [0.5, 0.6) is 0 Å². The molecule has 0 aromatic heterocycles. The van der Waals surface area contributed by atoms with E-state index in [0.717, 1.165) is 38.5 Å². The fourth-order valence-corrected chi connectivity index (χ4v) is 4.81. The van der Waals surface area contributed by atoms with E-state index >= 15 is 0 Å². The highest BCUT2D eigenvalue weighted by Crippen LogP contribution is 2.41. The summed E-state index contributed by atoms with van der Waals surface area (Å²) in [5.41, 5.74) is 4.52. The quantitative estimate of drug-likeness (QED) is 0.316. The van der Waals surface area contributed by atoms with Gasteiger partial charge in [-0.15, -0.1) is 0 Å². The molecule has 33 heavy (non-hydrogen) atoms. The number of rotatable bonds is 4. The van der Waals surface area contributed by atoms with Crippen molar-refractivity contribution in [3.8, 4) is 11.1 Å². The van der Waals surface area contributed by atoms with Gasteiger partial charge >= 0.3 is 7.12 Å². The van der Waals surface area contributed by atoms with Crippen molar-refractivity contribution in [2.75, 3.05) is 0 Å². The van der Waals surface area contributed by atoms with Crippen molar-refractivity contribution in [3.05, 3.63) is 91.0 Å². The van der Waals surface area contributed by atoms with Crippen molar-refractivity contribution in [1.29, 1.82) is 0 Å². The van der Waals surface area contributed by atoms with Crippen molar-refractivity contribution >= 4 is 46.3 Å². The SMILES string of the molecule is C=Cc1c(C=C)c(-c2ccc3ccccc3c2)c2ccccc2c1B1OC(C)(C)C(C)(C)O1. The van der Waals surface area contributed by atoms with Gasteiger partial charge < -0.3 is 9.31 Å². The van der Waals surface area contributed by atoms with Crippen molar-refractivity contribution in [2.24, 2.45) is 0 Å². The van der Waals surface area contributed by atoms with Crippen molar-refractivity contribution in [2.45, 2.75) is 38.9 Å². The van der Waals surface area contributed by atoms with Crippen LogP contribution >= 0.6 is 0 Å². The first-order valence-electron chi connectivity index (χ1n) is 11.5. The minimum absolute atomic E-state index is 0.428. The Balaban J connectivity index is 1.84. The molecular weight excluding hydrogens is 403 g/mol. The number of hydrogen-bond acceptors (Lipinski definition) is 2. The third kappa shape index (κ3) is 3.35. The van der Waals surface area contributed by atoms with E-state index in [1.165, 1.54) is 10.8 Å². The summed E-state index contributed by atoms with van der Waals surface area (Å²) in [5, 5.41) is 4.70. The van der Waals surface area contributed by atoms with E-state index in [-0.39, 0.29) is 0 Å². The second-order valence-electron chi connectivity index (χ2n) is 9.72. The van der Waals surface area contributed by atoms with Crippen LogP contribution in [0.4, 0.5) is 0 Å². The van der Waals surface area contributed by atoms with Crippen molar-refractivity contribution in [3.63, 3.8) is 0 Å². The molecule has 3 heteroatoms. The van der Waals surface area contributed by atoms with Crippen LogP contribution in [0.15, 0.2) is 79.9 Å². The van der Waals surface area contributed by atoms with Crippen LogP contribution in [-0.4, -0.2) is 18.3 Å². The minimum atomic E-state index is -0.489. The van der Waals surface area contributed by atoms with Gasteiger partial charge in [-0.2, -0.15) is 0 Å². The molecule has 2 nitrogen and oxygen atoms in total. The van der Waals surface area contributed by atoms with Gasteiger partial charge in [-0.3, -0.25) is 0 Å². The number of hydrogen-bond donors (Lipinski definition) is 0. The summed E-state index contributed by atoms with van der Waals surface area (Å²) in [6, 6.07) is 23.6. The normalized spacial score (nSPS) is 16.9. The molecule has 1 saturated heterocycles. The van der Waals surface area contributed by atoms with Crippen LogP contribution in [0.25, 0.3) is 44.8 Å². The number of benzene rings is 4. The maximum absolute atomic E-state index is 6.50. The lowest BCUT2D eigenvalue weighted by molar-refractivity contribution is 0.00578. The monoisotopic (exact) mass is 432 g/mol. The first-order chi connectivity index (χ1) is 15.8. The third-order valence-corrected chi connectivity index (χ3v) is 7.27. The molecule has 0 atom stereocenters. The highest BCUT2D eigenvalue weighted by Gasteiger charge is 2.52. The Kier molecular flexibility index (Phi) is 5.08. The lowest BCUT2D eigenvalue weighted by atomic mass is 9.70. The summed E-state index contributed by atoms with van der Waals surface area (Å²) >= 11 is 0. The second-order valence-corrected chi connectivity index (χ2v) is 9.72. The Hall–Kier alpha value is -3.14. The lowest BCUT2D eigenvalue weighted by Gasteiger charge is -2.32. The molecule has 0 spiro atoms. The zero-order chi connectivity index (χ0) is 23.4. The molecule has 0 unspecified atom stereocenters. The highest BCUT2D eigenvalue weighted by atomic mass is 16.7. The van der Waals surface area contributed by atoms with Crippen LogP contribution in [0, 0.1) is 0 Å². The van der Waals surface area contributed by atoms with Gasteiger partial charge in [-0.05, 0) is 83.0 Å².